The van der Waals surface area contributed by atoms with Crippen LogP contribution >= 0.6 is 11.6 Å². The SMILES string of the molecule is Cc1ccc(C2=CC(c3ccc(Cl)cc3)n3nnnc3N2)cc1C. The summed E-state index contributed by atoms with van der Waals surface area (Å²) in [5.41, 5.74) is 5.72. The highest BCUT2D eigenvalue weighted by Gasteiger charge is 2.24. The molecule has 5 nitrogen and oxygen atoms in total. The van der Waals surface area contributed by atoms with Crippen LogP contribution in [0.25, 0.3) is 5.70 Å². The van der Waals surface area contributed by atoms with E-state index in [4.69, 9.17) is 11.6 Å². The monoisotopic (exact) mass is 337 g/mol. The van der Waals surface area contributed by atoms with Crippen LogP contribution in [0, 0.1) is 13.8 Å². The molecule has 0 bridgehead atoms. The molecular weight excluding hydrogens is 322 g/mol. The van der Waals surface area contributed by atoms with E-state index in [0.717, 1.165) is 16.8 Å². The molecule has 4 rings (SSSR count). The number of aromatic nitrogens is 4. The molecule has 2 aromatic carbocycles. The zero-order chi connectivity index (χ0) is 16.7. The van der Waals surface area contributed by atoms with E-state index in [1.165, 1.54) is 11.1 Å². The Balaban J connectivity index is 1.81. The van der Waals surface area contributed by atoms with Crippen LogP contribution in [0.4, 0.5) is 5.95 Å². The smallest absolute Gasteiger partial charge is 0.248 e. The first kappa shape index (κ1) is 14.9. The normalized spacial score (nSPS) is 16.3. The summed E-state index contributed by atoms with van der Waals surface area (Å²) in [6.07, 6.45) is 2.14. The molecule has 0 radical (unpaired) electrons. The van der Waals surface area contributed by atoms with Crippen molar-refractivity contribution in [3.63, 3.8) is 0 Å². The summed E-state index contributed by atoms with van der Waals surface area (Å²) in [6.45, 7) is 4.22. The van der Waals surface area contributed by atoms with Crippen molar-refractivity contribution in [3.8, 4) is 0 Å². The van der Waals surface area contributed by atoms with Crippen LogP contribution in [0.3, 0.4) is 0 Å². The summed E-state index contributed by atoms with van der Waals surface area (Å²) in [6, 6.07) is 14.1. The Kier molecular flexibility index (Phi) is 3.58. The summed E-state index contributed by atoms with van der Waals surface area (Å²) < 4.78 is 1.77. The molecule has 6 heteroatoms. The Labute approximate surface area is 145 Å². The number of nitrogens with zero attached hydrogens (tertiary/aromatic N) is 4. The van der Waals surface area contributed by atoms with Crippen LogP contribution in [-0.2, 0) is 0 Å². The van der Waals surface area contributed by atoms with E-state index in [1.807, 2.05) is 24.3 Å². The van der Waals surface area contributed by atoms with Gasteiger partial charge in [-0.2, -0.15) is 4.68 Å². The number of benzene rings is 2. The predicted octanol–water partition coefficient (Wildman–Crippen LogP) is 4.00. The third-order valence-corrected chi connectivity index (χ3v) is 4.61. The summed E-state index contributed by atoms with van der Waals surface area (Å²) >= 11 is 6.01. The van der Waals surface area contributed by atoms with E-state index in [2.05, 4.69) is 59.0 Å². The molecule has 1 aliphatic heterocycles. The molecule has 3 aromatic rings. The minimum atomic E-state index is -0.0786. The lowest BCUT2D eigenvalue weighted by Crippen LogP contribution is -2.20. The molecule has 0 aliphatic carbocycles. The maximum atomic E-state index is 6.01. The number of hydrogen-bond acceptors (Lipinski definition) is 4. The first-order chi connectivity index (χ1) is 11.6. The lowest BCUT2D eigenvalue weighted by atomic mass is 9.99. The van der Waals surface area contributed by atoms with Gasteiger partial charge in [0, 0.05) is 10.7 Å². The van der Waals surface area contributed by atoms with Gasteiger partial charge >= 0.3 is 0 Å². The molecular formula is C18H16ClN5. The molecule has 1 N–H and O–H groups in total. The lowest BCUT2D eigenvalue weighted by molar-refractivity contribution is 0.586. The van der Waals surface area contributed by atoms with Crippen LogP contribution in [0.5, 0.6) is 0 Å². The standard InChI is InChI=1S/C18H16ClN5/c1-11-3-4-14(9-12(11)2)16-10-17(13-5-7-15(19)8-6-13)24-18(20-16)21-22-23-24/h3-10,17H,1-2H3,(H,20,21,23). The topological polar surface area (TPSA) is 55.6 Å². The van der Waals surface area contributed by atoms with Crippen LogP contribution in [0.1, 0.15) is 28.3 Å². The molecule has 0 amide bonds. The van der Waals surface area contributed by atoms with Gasteiger partial charge in [0.2, 0.25) is 5.95 Å². The van der Waals surface area contributed by atoms with Gasteiger partial charge in [-0.15, -0.1) is 0 Å². The van der Waals surface area contributed by atoms with E-state index in [1.54, 1.807) is 4.68 Å². The maximum absolute atomic E-state index is 6.01. The molecule has 0 spiro atoms. The van der Waals surface area contributed by atoms with E-state index in [-0.39, 0.29) is 6.04 Å². The summed E-state index contributed by atoms with van der Waals surface area (Å²) in [7, 11) is 0. The van der Waals surface area contributed by atoms with Crippen molar-refractivity contribution < 1.29 is 0 Å². The summed E-state index contributed by atoms with van der Waals surface area (Å²) in [5.74, 6) is 0.630. The molecule has 1 aliphatic rings. The molecule has 0 saturated heterocycles. The van der Waals surface area contributed by atoms with Gasteiger partial charge in [-0.3, -0.25) is 0 Å². The molecule has 0 saturated carbocycles. The molecule has 1 atom stereocenters. The fourth-order valence-corrected chi connectivity index (χ4v) is 2.95. The second kappa shape index (κ2) is 5.76. The Hall–Kier alpha value is -2.66. The van der Waals surface area contributed by atoms with Crippen molar-refractivity contribution in [3.05, 3.63) is 75.8 Å². The van der Waals surface area contributed by atoms with Crippen molar-refractivity contribution in [2.24, 2.45) is 0 Å². The van der Waals surface area contributed by atoms with Crippen molar-refractivity contribution in [1.82, 2.24) is 20.2 Å². The number of anilines is 1. The summed E-state index contributed by atoms with van der Waals surface area (Å²) in [4.78, 5) is 0. The van der Waals surface area contributed by atoms with E-state index < -0.39 is 0 Å². The van der Waals surface area contributed by atoms with Gasteiger partial charge in [0.25, 0.3) is 0 Å². The van der Waals surface area contributed by atoms with Gasteiger partial charge < -0.3 is 5.32 Å². The Morgan fingerprint density at radius 2 is 1.83 bits per heavy atom. The molecule has 0 fully saturated rings. The highest BCUT2D eigenvalue weighted by molar-refractivity contribution is 6.30. The van der Waals surface area contributed by atoms with Crippen molar-refractivity contribution in [2.75, 3.05) is 5.32 Å². The molecule has 120 valence electrons. The fourth-order valence-electron chi connectivity index (χ4n) is 2.83. The highest BCUT2D eigenvalue weighted by Crippen LogP contribution is 2.32. The molecule has 24 heavy (non-hydrogen) atoms. The van der Waals surface area contributed by atoms with Crippen LogP contribution < -0.4 is 5.32 Å². The van der Waals surface area contributed by atoms with Crippen molar-refractivity contribution in [2.45, 2.75) is 19.9 Å². The van der Waals surface area contributed by atoms with Gasteiger partial charge in [-0.05, 0) is 70.8 Å². The van der Waals surface area contributed by atoms with E-state index >= 15 is 0 Å². The average Bonchev–Trinajstić information content (AvgIpc) is 3.06. The zero-order valence-electron chi connectivity index (χ0n) is 13.4. The minimum absolute atomic E-state index is 0.0786. The van der Waals surface area contributed by atoms with Crippen molar-refractivity contribution in [1.29, 1.82) is 0 Å². The molecule has 2 heterocycles. The quantitative estimate of drug-likeness (QED) is 0.768. The summed E-state index contributed by atoms with van der Waals surface area (Å²) in [5, 5.41) is 16.0. The van der Waals surface area contributed by atoms with Gasteiger partial charge in [0.1, 0.15) is 6.04 Å². The number of rotatable bonds is 2. The van der Waals surface area contributed by atoms with E-state index in [0.29, 0.717) is 11.0 Å². The fraction of sp³-hybridized carbons (Fsp3) is 0.167. The number of fused-ring (bicyclic) bond motifs is 1. The number of nitrogens with one attached hydrogen (secondary N) is 1. The first-order valence-corrected chi connectivity index (χ1v) is 8.09. The predicted molar refractivity (Wildman–Crippen MR) is 94.9 cm³/mol. The highest BCUT2D eigenvalue weighted by atomic mass is 35.5. The van der Waals surface area contributed by atoms with Gasteiger partial charge in [0.15, 0.2) is 0 Å². The number of halogens is 1. The van der Waals surface area contributed by atoms with Gasteiger partial charge in [-0.1, -0.05) is 41.0 Å². The first-order valence-electron chi connectivity index (χ1n) is 7.71. The van der Waals surface area contributed by atoms with E-state index in [9.17, 15) is 0 Å². The number of hydrogen-bond donors (Lipinski definition) is 1. The van der Waals surface area contributed by atoms with Crippen LogP contribution in [0.2, 0.25) is 5.02 Å². The third-order valence-electron chi connectivity index (χ3n) is 4.36. The lowest BCUT2D eigenvalue weighted by Gasteiger charge is -2.23. The molecule has 1 aromatic heterocycles. The zero-order valence-corrected chi connectivity index (χ0v) is 14.1. The second-order valence-electron chi connectivity index (χ2n) is 5.95. The van der Waals surface area contributed by atoms with Gasteiger partial charge in [0.05, 0.1) is 0 Å². The van der Waals surface area contributed by atoms with Crippen molar-refractivity contribution >= 4 is 23.2 Å². The largest absolute Gasteiger partial charge is 0.323 e. The number of allylic oxidation sites excluding steroid dienone is 1. The van der Waals surface area contributed by atoms with Crippen LogP contribution in [0.15, 0.2) is 48.5 Å². The Morgan fingerprint density at radius 1 is 1.04 bits per heavy atom. The second-order valence-corrected chi connectivity index (χ2v) is 6.38. The third kappa shape index (κ3) is 2.57. The Morgan fingerprint density at radius 3 is 2.58 bits per heavy atom. The van der Waals surface area contributed by atoms with Gasteiger partial charge in [-0.25, -0.2) is 0 Å². The number of aryl methyl sites for hydroxylation is 2. The Bertz CT molecular complexity index is 927. The molecule has 1 unspecified atom stereocenters. The number of tetrazole rings is 1. The van der Waals surface area contributed by atoms with Crippen LogP contribution in [-0.4, -0.2) is 20.2 Å². The minimum Gasteiger partial charge on any atom is -0.323 e. The average molecular weight is 338 g/mol. The maximum Gasteiger partial charge on any atom is 0.248 e.